The van der Waals surface area contributed by atoms with Crippen molar-refractivity contribution in [3.8, 4) is 6.07 Å². The molecule has 1 aromatic heterocycles. The molecule has 146 valence electrons. The molecule has 0 saturated heterocycles. The van der Waals surface area contributed by atoms with Crippen LogP contribution >= 0.6 is 0 Å². The van der Waals surface area contributed by atoms with Crippen molar-refractivity contribution in [3.63, 3.8) is 0 Å². The molecule has 0 bridgehead atoms. The normalized spacial score (nSPS) is 11.2. The molecule has 0 radical (unpaired) electrons. The highest BCUT2D eigenvalue weighted by Crippen LogP contribution is 2.20. The predicted molar refractivity (Wildman–Crippen MR) is 101 cm³/mol. The van der Waals surface area contributed by atoms with Gasteiger partial charge in [-0.2, -0.15) is 5.26 Å². The van der Waals surface area contributed by atoms with E-state index in [9.17, 15) is 14.4 Å². The lowest BCUT2D eigenvalue weighted by molar-refractivity contribution is -0.123. The third-order valence-electron chi connectivity index (χ3n) is 4.03. The first-order chi connectivity index (χ1) is 13.3. The number of aryl methyl sites for hydroxylation is 1. The second-order valence-corrected chi connectivity index (χ2v) is 6.07. The zero-order valence-corrected chi connectivity index (χ0v) is 16.1. The number of carbonyl (C=O) groups is 3. The van der Waals surface area contributed by atoms with Crippen molar-refractivity contribution < 1.29 is 23.9 Å². The fraction of sp³-hybridized carbons (Fsp3) is 0.300. The topological polar surface area (TPSA) is 121 Å². The van der Waals surface area contributed by atoms with E-state index in [4.69, 9.17) is 14.7 Å². The van der Waals surface area contributed by atoms with Gasteiger partial charge in [-0.15, -0.1) is 0 Å². The number of benzene rings is 1. The van der Waals surface area contributed by atoms with Crippen molar-refractivity contribution in [2.45, 2.75) is 33.8 Å². The lowest BCUT2D eigenvalue weighted by Gasteiger charge is -2.13. The number of nitrogens with zero attached hydrogens (tertiary/aromatic N) is 1. The number of anilines is 1. The number of hydrogen-bond donors (Lipinski definition) is 2. The van der Waals surface area contributed by atoms with E-state index in [0.29, 0.717) is 22.5 Å². The molecular formula is C20H21N3O5. The highest BCUT2D eigenvalue weighted by Gasteiger charge is 2.26. The van der Waals surface area contributed by atoms with Crippen LogP contribution in [-0.4, -0.2) is 35.5 Å². The molecule has 1 heterocycles. The maximum absolute atomic E-state index is 12.5. The van der Waals surface area contributed by atoms with Crippen LogP contribution in [0.1, 0.15) is 51.5 Å². The Morgan fingerprint density at radius 3 is 2.61 bits per heavy atom. The van der Waals surface area contributed by atoms with Gasteiger partial charge in [0.2, 0.25) is 0 Å². The molecule has 0 aliphatic rings. The van der Waals surface area contributed by atoms with Gasteiger partial charge in [-0.25, -0.2) is 9.59 Å². The summed E-state index contributed by atoms with van der Waals surface area (Å²) in [6.45, 7) is 6.58. The van der Waals surface area contributed by atoms with Gasteiger partial charge in [0.05, 0.1) is 23.8 Å². The molecule has 1 atom stereocenters. The van der Waals surface area contributed by atoms with E-state index in [1.165, 1.54) is 13.0 Å². The number of H-pyrrole nitrogens is 1. The molecule has 0 aliphatic heterocycles. The van der Waals surface area contributed by atoms with E-state index >= 15 is 0 Å². The van der Waals surface area contributed by atoms with Gasteiger partial charge in [0.15, 0.2) is 6.10 Å². The van der Waals surface area contributed by atoms with Gasteiger partial charge in [-0.1, -0.05) is 6.07 Å². The van der Waals surface area contributed by atoms with E-state index < -0.39 is 23.9 Å². The molecule has 1 aromatic carbocycles. The van der Waals surface area contributed by atoms with Gasteiger partial charge in [-0.3, -0.25) is 4.79 Å². The maximum atomic E-state index is 12.5. The number of nitrogens with one attached hydrogen (secondary N) is 2. The van der Waals surface area contributed by atoms with E-state index in [0.717, 1.165) is 0 Å². The second-order valence-electron chi connectivity index (χ2n) is 6.07. The average Bonchev–Trinajstić information content (AvgIpc) is 2.96. The van der Waals surface area contributed by atoms with Crippen molar-refractivity contribution in [1.82, 2.24) is 4.98 Å². The SMILES string of the molecule is CCOC(=O)c1c(C)[nH]c(C(=O)O[C@H](C)C(=O)Nc2cccc(C#N)c2)c1C. The molecular weight excluding hydrogens is 362 g/mol. The van der Waals surface area contributed by atoms with Gasteiger partial charge >= 0.3 is 11.9 Å². The number of nitriles is 1. The van der Waals surface area contributed by atoms with Crippen molar-refractivity contribution in [2.75, 3.05) is 11.9 Å². The fourth-order valence-corrected chi connectivity index (χ4v) is 2.65. The summed E-state index contributed by atoms with van der Waals surface area (Å²) in [6, 6.07) is 8.35. The number of hydrogen-bond acceptors (Lipinski definition) is 6. The highest BCUT2D eigenvalue weighted by molar-refractivity contribution is 6.00. The van der Waals surface area contributed by atoms with Gasteiger partial charge < -0.3 is 19.8 Å². The Morgan fingerprint density at radius 2 is 1.96 bits per heavy atom. The van der Waals surface area contributed by atoms with Crippen LogP contribution in [0.15, 0.2) is 24.3 Å². The average molecular weight is 383 g/mol. The zero-order chi connectivity index (χ0) is 20.8. The molecule has 8 nitrogen and oxygen atoms in total. The molecule has 2 rings (SSSR count). The molecule has 28 heavy (non-hydrogen) atoms. The summed E-state index contributed by atoms with van der Waals surface area (Å²) in [5.74, 6) is -1.84. The molecule has 0 fully saturated rings. The number of esters is 2. The van der Waals surface area contributed by atoms with Crippen molar-refractivity contribution >= 4 is 23.5 Å². The highest BCUT2D eigenvalue weighted by atomic mass is 16.5. The van der Waals surface area contributed by atoms with E-state index in [1.54, 1.807) is 39.0 Å². The molecule has 2 N–H and O–H groups in total. The summed E-state index contributed by atoms with van der Waals surface area (Å²) in [7, 11) is 0. The first-order valence-corrected chi connectivity index (χ1v) is 8.66. The minimum absolute atomic E-state index is 0.0895. The number of rotatable bonds is 6. The third kappa shape index (κ3) is 4.57. The lowest BCUT2D eigenvalue weighted by atomic mass is 10.1. The number of amides is 1. The molecule has 0 saturated carbocycles. The van der Waals surface area contributed by atoms with Crippen LogP contribution in [0.4, 0.5) is 5.69 Å². The van der Waals surface area contributed by atoms with Crippen LogP contribution in [0, 0.1) is 25.2 Å². The van der Waals surface area contributed by atoms with Gasteiger partial charge in [0, 0.05) is 11.4 Å². The van der Waals surface area contributed by atoms with Gasteiger partial charge in [-0.05, 0) is 51.5 Å². The largest absolute Gasteiger partial charge is 0.462 e. The Balaban J connectivity index is 2.09. The number of aromatic amines is 1. The minimum Gasteiger partial charge on any atom is -0.462 e. The zero-order valence-electron chi connectivity index (χ0n) is 16.1. The maximum Gasteiger partial charge on any atom is 0.355 e. The Bertz CT molecular complexity index is 955. The van der Waals surface area contributed by atoms with Crippen LogP contribution < -0.4 is 5.32 Å². The van der Waals surface area contributed by atoms with E-state index in [2.05, 4.69) is 10.3 Å². The minimum atomic E-state index is -1.09. The van der Waals surface area contributed by atoms with Gasteiger partial charge in [0.1, 0.15) is 5.69 Å². The molecule has 8 heteroatoms. The lowest BCUT2D eigenvalue weighted by Crippen LogP contribution is -2.30. The molecule has 0 unspecified atom stereocenters. The van der Waals surface area contributed by atoms with Crippen molar-refractivity contribution in [2.24, 2.45) is 0 Å². The van der Waals surface area contributed by atoms with Crippen molar-refractivity contribution in [1.29, 1.82) is 5.26 Å². The Kier molecular flexibility index (Phi) is 6.55. The third-order valence-corrected chi connectivity index (χ3v) is 4.03. The Labute approximate surface area is 162 Å². The van der Waals surface area contributed by atoms with Crippen LogP contribution in [0.3, 0.4) is 0 Å². The smallest absolute Gasteiger partial charge is 0.355 e. The monoisotopic (exact) mass is 383 g/mol. The standard InChI is InChI=1S/C20H21N3O5/c1-5-27-19(25)16-11(2)17(22-12(16)3)20(26)28-13(4)18(24)23-15-8-6-7-14(9-15)10-21/h6-9,13,22H,5H2,1-4H3,(H,23,24)/t13-/m1/s1. The van der Waals surface area contributed by atoms with Crippen LogP contribution in [-0.2, 0) is 14.3 Å². The summed E-state index contributed by atoms with van der Waals surface area (Å²) in [4.78, 5) is 39.6. The quantitative estimate of drug-likeness (QED) is 0.740. The second kappa shape index (κ2) is 8.86. The first kappa shape index (κ1) is 20.7. The first-order valence-electron chi connectivity index (χ1n) is 8.66. The van der Waals surface area contributed by atoms with E-state index in [1.807, 2.05) is 6.07 Å². The number of ether oxygens (including phenoxy) is 2. The Hall–Kier alpha value is -3.60. The summed E-state index contributed by atoms with van der Waals surface area (Å²) in [5, 5.41) is 11.5. The fourth-order valence-electron chi connectivity index (χ4n) is 2.65. The summed E-state index contributed by atoms with van der Waals surface area (Å²) >= 11 is 0. The predicted octanol–water partition coefficient (Wildman–Crippen LogP) is 2.86. The number of aromatic nitrogens is 1. The van der Waals surface area contributed by atoms with Crippen molar-refractivity contribution in [3.05, 3.63) is 52.3 Å². The van der Waals surface area contributed by atoms with Crippen LogP contribution in [0.2, 0.25) is 0 Å². The van der Waals surface area contributed by atoms with Crippen LogP contribution in [0.5, 0.6) is 0 Å². The van der Waals surface area contributed by atoms with Crippen LogP contribution in [0.25, 0.3) is 0 Å². The summed E-state index contributed by atoms with van der Waals surface area (Å²) < 4.78 is 10.2. The number of carbonyl (C=O) groups excluding carboxylic acids is 3. The Morgan fingerprint density at radius 1 is 1.25 bits per heavy atom. The molecule has 0 spiro atoms. The van der Waals surface area contributed by atoms with Gasteiger partial charge in [0.25, 0.3) is 5.91 Å². The summed E-state index contributed by atoms with van der Waals surface area (Å²) in [5.41, 5.74) is 2.06. The van der Waals surface area contributed by atoms with E-state index in [-0.39, 0.29) is 17.9 Å². The summed E-state index contributed by atoms with van der Waals surface area (Å²) in [6.07, 6.45) is -1.09. The molecule has 0 aliphatic carbocycles. The molecule has 1 amide bonds. The molecule has 2 aromatic rings.